The molecule has 0 saturated carbocycles. The Balaban J connectivity index is 1.95. The maximum Gasteiger partial charge on any atom is 0.243 e. The average Bonchev–Trinajstić information content (AvgIpc) is 2.58. The molecule has 0 fully saturated rings. The number of amides is 2. The molecule has 1 N–H and O–H groups in total. The van der Waals surface area contributed by atoms with Gasteiger partial charge in [0.05, 0.1) is 19.3 Å². The Bertz CT molecular complexity index is 780. The molecule has 9 nitrogen and oxygen atoms in total. The summed E-state index contributed by atoms with van der Waals surface area (Å²) in [6.07, 6.45) is 1.02. The standard InChI is InChI=1S/C16H23N3O6S/c1-4-19(16(21)11-18(2)26(3,22)23)10-15(20)17-12-5-6-13-14(9-12)25-8-7-24-13/h5-6,9H,4,7-8,10-11H2,1-3H3,(H,17,20). The smallest absolute Gasteiger partial charge is 0.243 e. The molecule has 2 rings (SSSR count). The van der Waals surface area contributed by atoms with Crippen LogP contribution >= 0.6 is 0 Å². The van der Waals surface area contributed by atoms with Gasteiger partial charge in [-0.25, -0.2) is 8.42 Å². The van der Waals surface area contributed by atoms with Gasteiger partial charge in [0.2, 0.25) is 21.8 Å². The Morgan fingerprint density at radius 1 is 1.15 bits per heavy atom. The van der Waals surface area contributed by atoms with E-state index in [0.29, 0.717) is 30.4 Å². The Morgan fingerprint density at radius 2 is 1.81 bits per heavy atom. The van der Waals surface area contributed by atoms with Gasteiger partial charge in [-0.2, -0.15) is 4.31 Å². The molecular formula is C16H23N3O6S. The number of sulfonamides is 1. The monoisotopic (exact) mass is 385 g/mol. The van der Waals surface area contributed by atoms with Crippen LogP contribution in [0.4, 0.5) is 5.69 Å². The second-order valence-corrected chi connectivity index (χ2v) is 7.92. The van der Waals surface area contributed by atoms with E-state index in [1.165, 1.54) is 11.9 Å². The molecule has 0 bridgehead atoms. The fraction of sp³-hybridized carbons (Fsp3) is 0.500. The number of likely N-dealkylation sites (N-methyl/N-ethyl adjacent to an activating group) is 2. The first-order chi connectivity index (χ1) is 12.2. The topological polar surface area (TPSA) is 105 Å². The summed E-state index contributed by atoms with van der Waals surface area (Å²) in [4.78, 5) is 25.7. The number of nitrogens with zero attached hydrogens (tertiary/aromatic N) is 2. The second kappa shape index (κ2) is 8.37. The first-order valence-electron chi connectivity index (χ1n) is 8.09. The van der Waals surface area contributed by atoms with Crippen molar-refractivity contribution in [3.8, 4) is 11.5 Å². The Morgan fingerprint density at radius 3 is 2.42 bits per heavy atom. The molecule has 1 aliphatic heterocycles. The number of hydrogen-bond acceptors (Lipinski definition) is 6. The van der Waals surface area contributed by atoms with Crippen LogP contribution in [-0.4, -0.2) is 75.6 Å². The van der Waals surface area contributed by atoms with Crippen molar-refractivity contribution in [1.29, 1.82) is 0 Å². The molecule has 0 radical (unpaired) electrons. The number of rotatable bonds is 7. The fourth-order valence-electron chi connectivity index (χ4n) is 2.28. The molecule has 2 amide bonds. The maximum absolute atomic E-state index is 12.2. The summed E-state index contributed by atoms with van der Waals surface area (Å²) >= 11 is 0. The summed E-state index contributed by atoms with van der Waals surface area (Å²) in [6, 6.07) is 5.04. The SMILES string of the molecule is CCN(CC(=O)Nc1ccc2c(c1)OCCO2)C(=O)CN(C)S(C)(=O)=O. The van der Waals surface area contributed by atoms with Gasteiger partial charge in [0.25, 0.3) is 0 Å². The molecule has 1 heterocycles. The zero-order valence-corrected chi connectivity index (χ0v) is 15.8. The highest BCUT2D eigenvalue weighted by atomic mass is 32.2. The third-order valence-corrected chi connectivity index (χ3v) is 5.08. The van der Waals surface area contributed by atoms with Crippen molar-refractivity contribution >= 4 is 27.5 Å². The van der Waals surface area contributed by atoms with E-state index in [1.54, 1.807) is 25.1 Å². The van der Waals surface area contributed by atoms with Gasteiger partial charge in [0.15, 0.2) is 11.5 Å². The number of carbonyl (C=O) groups excluding carboxylic acids is 2. The molecule has 0 aromatic heterocycles. The Hall–Kier alpha value is -2.33. The molecule has 0 spiro atoms. The van der Waals surface area contributed by atoms with Crippen molar-refractivity contribution in [1.82, 2.24) is 9.21 Å². The molecule has 0 aliphatic carbocycles. The molecule has 26 heavy (non-hydrogen) atoms. The molecule has 1 aromatic carbocycles. The Labute approximate surface area is 152 Å². The van der Waals surface area contributed by atoms with E-state index < -0.39 is 15.9 Å². The van der Waals surface area contributed by atoms with Crippen molar-refractivity contribution in [2.24, 2.45) is 0 Å². The van der Waals surface area contributed by atoms with E-state index in [9.17, 15) is 18.0 Å². The van der Waals surface area contributed by atoms with Gasteiger partial charge >= 0.3 is 0 Å². The highest BCUT2D eigenvalue weighted by Gasteiger charge is 2.21. The van der Waals surface area contributed by atoms with Gasteiger partial charge in [-0.3, -0.25) is 9.59 Å². The zero-order valence-electron chi connectivity index (χ0n) is 15.0. The lowest BCUT2D eigenvalue weighted by molar-refractivity contribution is -0.134. The van der Waals surface area contributed by atoms with Crippen LogP contribution in [0, 0.1) is 0 Å². The predicted molar refractivity (Wildman–Crippen MR) is 95.8 cm³/mol. The minimum atomic E-state index is -3.47. The third-order valence-electron chi connectivity index (χ3n) is 3.82. The van der Waals surface area contributed by atoms with Crippen LogP contribution in [0.1, 0.15) is 6.92 Å². The lowest BCUT2D eigenvalue weighted by Gasteiger charge is -2.23. The largest absolute Gasteiger partial charge is 0.486 e. The van der Waals surface area contributed by atoms with Crippen molar-refractivity contribution in [2.75, 3.05) is 51.5 Å². The molecule has 10 heteroatoms. The van der Waals surface area contributed by atoms with Crippen LogP contribution in [0.25, 0.3) is 0 Å². The molecule has 144 valence electrons. The summed E-state index contributed by atoms with van der Waals surface area (Å²) in [6.45, 7) is 2.43. The Kier molecular flexibility index (Phi) is 6.43. The first-order valence-corrected chi connectivity index (χ1v) is 9.94. The van der Waals surface area contributed by atoms with Crippen LogP contribution < -0.4 is 14.8 Å². The average molecular weight is 385 g/mol. The minimum Gasteiger partial charge on any atom is -0.486 e. The van der Waals surface area contributed by atoms with Crippen molar-refractivity contribution in [3.63, 3.8) is 0 Å². The third kappa shape index (κ3) is 5.33. The summed E-state index contributed by atoms with van der Waals surface area (Å²) in [7, 11) is -2.15. The zero-order chi connectivity index (χ0) is 19.3. The fourth-order valence-corrected chi connectivity index (χ4v) is 2.62. The molecular weight excluding hydrogens is 362 g/mol. The van der Waals surface area contributed by atoms with Crippen LogP contribution in [0.5, 0.6) is 11.5 Å². The van der Waals surface area contributed by atoms with Crippen molar-refractivity contribution in [3.05, 3.63) is 18.2 Å². The summed E-state index contributed by atoms with van der Waals surface area (Å²) in [5, 5.41) is 2.70. The van der Waals surface area contributed by atoms with Crippen LogP contribution in [0.2, 0.25) is 0 Å². The maximum atomic E-state index is 12.2. The quantitative estimate of drug-likeness (QED) is 0.716. The number of carbonyl (C=O) groups is 2. The molecule has 0 saturated heterocycles. The highest BCUT2D eigenvalue weighted by Crippen LogP contribution is 2.32. The van der Waals surface area contributed by atoms with E-state index in [2.05, 4.69) is 5.32 Å². The van der Waals surface area contributed by atoms with Crippen molar-refractivity contribution < 1.29 is 27.5 Å². The number of hydrogen-bond donors (Lipinski definition) is 1. The second-order valence-electron chi connectivity index (χ2n) is 5.83. The van der Waals surface area contributed by atoms with E-state index in [4.69, 9.17) is 9.47 Å². The number of ether oxygens (including phenoxy) is 2. The lowest BCUT2D eigenvalue weighted by Crippen LogP contribution is -2.44. The molecule has 0 unspecified atom stereocenters. The number of anilines is 1. The first kappa shape index (κ1) is 20.0. The van der Waals surface area contributed by atoms with Gasteiger partial charge in [0.1, 0.15) is 13.2 Å². The number of fused-ring (bicyclic) bond motifs is 1. The van der Waals surface area contributed by atoms with Gasteiger partial charge in [-0.15, -0.1) is 0 Å². The van der Waals surface area contributed by atoms with Crippen molar-refractivity contribution in [2.45, 2.75) is 6.92 Å². The van der Waals surface area contributed by atoms with E-state index >= 15 is 0 Å². The number of benzene rings is 1. The summed E-state index contributed by atoms with van der Waals surface area (Å²) in [5.74, 6) is 0.326. The number of nitrogens with one attached hydrogen (secondary N) is 1. The van der Waals surface area contributed by atoms with Crippen LogP contribution in [0.15, 0.2) is 18.2 Å². The van der Waals surface area contributed by atoms with Gasteiger partial charge < -0.3 is 19.7 Å². The van der Waals surface area contributed by atoms with Gasteiger partial charge in [-0.1, -0.05) is 0 Å². The van der Waals surface area contributed by atoms with E-state index in [0.717, 1.165) is 10.6 Å². The molecule has 1 aromatic rings. The molecule has 1 aliphatic rings. The normalized spacial score (nSPS) is 13.4. The van der Waals surface area contributed by atoms with Gasteiger partial charge in [-0.05, 0) is 19.1 Å². The summed E-state index contributed by atoms with van der Waals surface area (Å²) in [5.41, 5.74) is 0.524. The summed E-state index contributed by atoms with van der Waals surface area (Å²) < 4.78 is 34.6. The highest BCUT2D eigenvalue weighted by molar-refractivity contribution is 7.88. The lowest BCUT2D eigenvalue weighted by atomic mass is 10.2. The predicted octanol–water partition coefficient (Wildman–Crippen LogP) is 0.136. The van der Waals surface area contributed by atoms with Gasteiger partial charge in [0, 0.05) is 25.3 Å². The van der Waals surface area contributed by atoms with Crippen LogP contribution in [-0.2, 0) is 19.6 Å². The van der Waals surface area contributed by atoms with Crippen LogP contribution in [0.3, 0.4) is 0 Å². The van der Waals surface area contributed by atoms with E-state index in [-0.39, 0.29) is 25.5 Å². The molecule has 0 atom stereocenters. The minimum absolute atomic E-state index is 0.179. The van der Waals surface area contributed by atoms with E-state index in [1.807, 2.05) is 0 Å².